The molecule has 6 nitrogen and oxygen atoms in total. The van der Waals surface area contributed by atoms with Crippen LogP contribution in [0.4, 0.5) is 4.79 Å². The zero-order valence-electron chi connectivity index (χ0n) is 19.1. The van der Waals surface area contributed by atoms with Crippen LogP contribution < -0.4 is 0 Å². The van der Waals surface area contributed by atoms with Crippen LogP contribution in [0.5, 0.6) is 0 Å². The standard InChI is InChI=1S/C25H34N2O4/c1-25(2,3)31-24(29)26(4)17-19-9-8-16-27(18-19)23(28)15-13-21-12-14-22(30-21)20-10-6-5-7-11-20/h5-7,10-12,14,19H,8-9,13,15-18H2,1-4H3/t19-/m0/s1. The Bertz CT molecular complexity index is 869. The van der Waals surface area contributed by atoms with E-state index >= 15 is 0 Å². The molecule has 3 rings (SSSR count). The summed E-state index contributed by atoms with van der Waals surface area (Å²) < 4.78 is 11.4. The van der Waals surface area contributed by atoms with Crippen LogP contribution in [0.15, 0.2) is 46.9 Å². The Hall–Kier alpha value is -2.76. The molecule has 0 bridgehead atoms. The van der Waals surface area contributed by atoms with Gasteiger partial charge in [0.1, 0.15) is 17.1 Å². The fourth-order valence-corrected chi connectivity index (χ4v) is 3.90. The van der Waals surface area contributed by atoms with E-state index in [9.17, 15) is 9.59 Å². The minimum absolute atomic E-state index is 0.141. The van der Waals surface area contributed by atoms with Crippen molar-refractivity contribution in [1.29, 1.82) is 0 Å². The van der Waals surface area contributed by atoms with E-state index in [1.807, 2.05) is 68.1 Å². The molecular weight excluding hydrogens is 392 g/mol. The predicted molar refractivity (Wildman–Crippen MR) is 121 cm³/mol. The average molecular weight is 427 g/mol. The van der Waals surface area contributed by atoms with Crippen molar-refractivity contribution in [3.05, 3.63) is 48.2 Å². The Labute approximate surface area is 185 Å². The van der Waals surface area contributed by atoms with Crippen molar-refractivity contribution >= 4 is 12.0 Å². The molecule has 6 heteroatoms. The summed E-state index contributed by atoms with van der Waals surface area (Å²) in [4.78, 5) is 28.6. The number of aryl methyl sites for hydroxylation is 1. The van der Waals surface area contributed by atoms with Gasteiger partial charge >= 0.3 is 6.09 Å². The lowest BCUT2D eigenvalue weighted by atomic mass is 9.97. The molecule has 0 aliphatic carbocycles. The number of hydrogen-bond donors (Lipinski definition) is 0. The highest BCUT2D eigenvalue weighted by molar-refractivity contribution is 5.76. The Morgan fingerprint density at radius 2 is 1.90 bits per heavy atom. The number of carbonyl (C=O) groups is 2. The molecule has 2 heterocycles. The molecule has 2 amide bonds. The van der Waals surface area contributed by atoms with E-state index in [1.165, 1.54) is 0 Å². The second-order valence-corrected chi connectivity index (χ2v) is 9.34. The van der Waals surface area contributed by atoms with Crippen molar-refractivity contribution in [1.82, 2.24) is 9.80 Å². The molecule has 0 unspecified atom stereocenters. The lowest BCUT2D eigenvalue weighted by Crippen LogP contribution is -2.45. The van der Waals surface area contributed by atoms with Crippen molar-refractivity contribution < 1.29 is 18.7 Å². The Balaban J connectivity index is 1.47. The summed E-state index contributed by atoms with van der Waals surface area (Å²) in [5, 5.41) is 0. The minimum Gasteiger partial charge on any atom is -0.461 e. The molecule has 1 saturated heterocycles. The maximum atomic E-state index is 12.8. The highest BCUT2D eigenvalue weighted by atomic mass is 16.6. The van der Waals surface area contributed by atoms with Gasteiger partial charge in [0.15, 0.2) is 0 Å². The number of furan rings is 1. The second kappa shape index (κ2) is 10.0. The van der Waals surface area contributed by atoms with Gasteiger partial charge in [0.25, 0.3) is 0 Å². The van der Waals surface area contributed by atoms with E-state index in [4.69, 9.17) is 9.15 Å². The molecule has 0 saturated carbocycles. The van der Waals surface area contributed by atoms with Crippen LogP contribution in [0.2, 0.25) is 0 Å². The van der Waals surface area contributed by atoms with Crippen molar-refractivity contribution in [3.63, 3.8) is 0 Å². The number of amides is 2. The van der Waals surface area contributed by atoms with E-state index in [1.54, 1.807) is 11.9 Å². The van der Waals surface area contributed by atoms with Crippen molar-refractivity contribution in [3.8, 4) is 11.3 Å². The number of rotatable bonds is 6. The Morgan fingerprint density at radius 3 is 2.61 bits per heavy atom. The molecule has 1 aliphatic heterocycles. The summed E-state index contributed by atoms with van der Waals surface area (Å²) in [5.74, 6) is 2.06. The Kier molecular flexibility index (Phi) is 7.42. The molecule has 1 atom stereocenters. The SMILES string of the molecule is CN(C[C@@H]1CCCN(C(=O)CCc2ccc(-c3ccccc3)o2)C1)C(=O)OC(C)(C)C. The predicted octanol–water partition coefficient (Wildman–Crippen LogP) is 4.98. The monoisotopic (exact) mass is 426 g/mol. The van der Waals surface area contributed by atoms with Gasteiger partial charge in [-0.25, -0.2) is 4.79 Å². The number of benzene rings is 1. The first kappa shape index (κ1) is 22.9. The van der Waals surface area contributed by atoms with Crippen LogP contribution in [0.1, 0.15) is 45.8 Å². The van der Waals surface area contributed by atoms with Gasteiger partial charge < -0.3 is 19.0 Å². The first-order chi connectivity index (χ1) is 14.7. The fraction of sp³-hybridized carbons (Fsp3) is 0.520. The zero-order chi connectivity index (χ0) is 22.4. The summed E-state index contributed by atoms with van der Waals surface area (Å²) in [6.07, 6.45) is 2.66. The van der Waals surface area contributed by atoms with Gasteiger partial charge in [0.2, 0.25) is 5.91 Å². The number of hydrogen-bond acceptors (Lipinski definition) is 4. The van der Waals surface area contributed by atoms with Crippen LogP contribution in [0, 0.1) is 5.92 Å². The summed E-state index contributed by atoms with van der Waals surface area (Å²) >= 11 is 0. The molecule has 0 spiro atoms. The van der Waals surface area contributed by atoms with Gasteiger partial charge in [0, 0.05) is 45.1 Å². The van der Waals surface area contributed by atoms with Gasteiger partial charge in [0.05, 0.1) is 0 Å². The normalized spacial score (nSPS) is 16.8. The third kappa shape index (κ3) is 6.88. The molecule has 0 radical (unpaired) electrons. The maximum Gasteiger partial charge on any atom is 0.410 e. The van der Waals surface area contributed by atoms with E-state index < -0.39 is 5.60 Å². The number of nitrogens with zero attached hydrogens (tertiary/aromatic N) is 2. The highest BCUT2D eigenvalue weighted by Gasteiger charge is 2.27. The number of carbonyl (C=O) groups excluding carboxylic acids is 2. The zero-order valence-corrected chi connectivity index (χ0v) is 19.1. The largest absolute Gasteiger partial charge is 0.461 e. The third-order valence-electron chi connectivity index (χ3n) is 5.41. The maximum absolute atomic E-state index is 12.8. The van der Waals surface area contributed by atoms with E-state index in [0.717, 1.165) is 36.5 Å². The number of piperidine rings is 1. The summed E-state index contributed by atoms with van der Waals surface area (Å²) in [6.45, 7) is 7.64. The summed E-state index contributed by atoms with van der Waals surface area (Å²) in [7, 11) is 1.76. The van der Waals surface area contributed by atoms with Gasteiger partial charge in [-0.15, -0.1) is 0 Å². The smallest absolute Gasteiger partial charge is 0.410 e. The molecule has 31 heavy (non-hydrogen) atoms. The van der Waals surface area contributed by atoms with E-state index in [0.29, 0.717) is 25.9 Å². The van der Waals surface area contributed by atoms with Crippen LogP contribution in [0.3, 0.4) is 0 Å². The molecule has 1 aromatic heterocycles. The quantitative estimate of drug-likeness (QED) is 0.653. The van der Waals surface area contributed by atoms with E-state index in [2.05, 4.69) is 0 Å². The topological polar surface area (TPSA) is 63.0 Å². The van der Waals surface area contributed by atoms with Crippen LogP contribution in [-0.2, 0) is 16.0 Å². The van der Waals surface area contributed by atoms with E-state index in [-0.39, 0.29) is 17.9 Å². The van der Waals surface area contributed by atoms with Gasteiger partial charge in [-0.05, 0) is 51.7 Å². The average Bonchev–Trinajstić information content (AvgIpc) is 3.21. The molecule has 1 fully saturated rings. The van der Waals surface area contributed by atoms with Crippen LogP contribution in [0.25, 0.3) is 11.3 Å². The second-order valence-electron chi connectivity index (χ2n) is 9.34. The highest BCUT2D eigenvalue weighted by Crippen LogP contribution is 2.23. The molecule has 1 aliphatic rings. The van der Waals surface area contributed by atoms with Crippen molar-refractivity contribution in [2.45, 2.75) is 52.1 Å². The minimum atomic E-state index is -0.508. The van der Waals surface area contributed by atoms with Crippen LogP contribution in [-0.4, -0.2) is 54.1 Å². The molecule has 1 aromatic carbocycles. The molecular formula is C25H34N2O4. The first-order valence-electron chi connectivity index (χ1n) is 11.1. The molecule has 2 aromatic rings. The third-order valence-corrected chi connectivity index (χ3v) is 5.41. The number of ether oxygens (including phenoxy) is 1. The Morgan fingerprint density at radius 1 is 1.16 bits per heavy atom. The molecule has 0 N–H and O–H groups in total. The lowest BCUT2D eigenvalue weighted by molar-refractivity contribution is -0.133. The summed E-state index contributed by atoms with van der Waals surface area (Å²) in [6, 6.07) is 13.9. The van der Waals surface area contributed by atoms with Gasteiger partial charge in [-0.3, -0.25) is 4.79 Å². The summed E-state index contributed by atoms with van der Waals surface area (Å²) in [5.41, 5.74) is 0.527. The fourth-order valence-electron chi connectivity index (χ4n) is 3.90. The van der Waals surface area contributed by atoms with Gasteiger partial charge in [-0.1, -0.05) is 30.3 Å². The first-order valence-corrected chi connectivity index (χ1v) is 11.1. The van der Waals surface area contributed by atoms with Crippen molar-refractivity contribution in [2.75, 3.05) is 26.7 Å². The number of likely N-dealkylation sites (tertiary alicyclic amines) is 1. The lowest BCUT2D eigenvalue weighted by Gasteiger charge is -2.35. The van der Waals surface area contributed by atoms with Crippen molar-refractivity contribution in [2.24, 2.45) is 5.92 Å². The van der Waals surface area contributed by atoms with Gasteiger partial charge in [-0.2, -0.15) is 0 Å². The van der Waals surface area contributed by atoms with Crippen LogP contribution >= 0.6 is 0 Å². The molecule has 168 valence electrons.